The van der Waals surface area contributed by atoms with Gasteiger partial charge >= 0.3 is 5.97 Å². The summed E-state index contributed by atoms with van der Waals surface area (Å²) < 4.78 is 32.3. The fraction of sp³-hybridized carbons (Fsp3) is 0.529. The monoisotopic (exact) mass is 370 g/mol. The number of carbonyl (C=O) groups excluding carboxylic acids is 2. The minimum absolute atomic E-state index is 0.0876. The standard InChI is InChI=1S/C17H26N2O5S/c1-5-13(4)16(17(21)18-11-15(20)24-6-2)19-25(22,23)14-9-7-12(3)8-10-14/h7-10,13,16,19H,5-6,11H2,1-4H3,(H,18,21)/t13-,16-/m0/s1. The third-order valence-electron chi connectivity index (χ3n) is 3.82. The van der Waals surface area contributed by atoms with Gasteiger partial charge in [0.05, 0.1) is 11.5 Å². The highest BCUT2D eigenvalue weighted by Gasteiger charge is 2.29. The van der Waals surface area contributed by atoms with Crippen molar-refractivity contribution in [2.75, 3.05) is 13.2 Å². The number of rotatable bonds is 9. The number of hydrogen-bond donors (Lipinski definition) is 2. The molecule has 0 unspecified atom stereocenters. The van der Waals surface area contributed by atoms with E-state index in [0.29, 0.717) is 6.42 Å². The maximum Gasteiger partial charge on any atom is 0.325 e. The second kappa shape index (κ2) is 9.53. The molecule has 0 heterocycles. The van der Waals surface area contributed by atoms with Crippen molar-refractivity contribution >= 4 is 21.9 Å². The maximum atomic E-state index is 12.5. The van der Waals surface area contributed by atoms with Crippen LogP contribution >= 0.6 is 0 Å². The van der Waals surface area contributed by atoms with Crippen LogP contribution in [-0.4, -0.2) is 39.5 Å². The zero-order chi connectivity index (χ0) is 19.0. The molecule has 0 saturated heterocycles. The Labute approximate surface area is 149 Å². The van der Waals surface area contributed by atoms with Gasteiger partial charge in [0.15, 0.2) is 0 Å². The fourth-order valence-corrected chi connectivity index (χ4v) is 3.40. The Balaban J connectivity index is 2.89. The van der Waals surface area contributed by atoms with Crippen LogP contribution in [0.25, 0.3) is 0 Å². The van der Waals surface area contributed by atoms with Crippen LogP contribution in [0, 0.1) is 12.8 Å². The minimum atomic E-state index is -3.85. The van der Waals surface area contributed by atoms with E-state index in [1.54, 1.807) is 26.0 Å². The first-order chi connectivity index (χ1) is 11.7. The van der Waals surface area contributed by atoms with Crippen LogP contribution < -0.4 is 10.0 Å². The van der Waals surface area contributed by atoms with Crippen LogP contribution in [-0.2, 0) is 24.3 Å². The van der Waals surface area contributed by atoms with Gasteiger partial charge in [0.25, 0.3) is 0 Å². The SMILES string of the molecule is CCOC(=O)CNC(=O)[C@@H](NS(=O)(=O)c1ccc(C)cc1)[C@@H](C)CC. The molecule has 1 amide bonds. The summed E-state index contributed by atoms with van der Waals surface area (Å²) in [5, 5.41) is 2.43. The normalized spacial score (nSPS) is 13.8. The predicted octanol–water partition coefficient (Wildman–Crippen LogP) is 1.37. The van der Waals surface area contributed by atoms with Gasteiger partial charge in [-0.1, -0.05) is 38.0 Å². The zero-order valence-corrected chi connectivity index (χ0v) is 15.9. The van der Waals surface area contributed by atoms with Crippen molar-refractivity contribution in [3.05, 3.63) is 29.8 Å². The predicted molar refractivity (Wildman–Crippen MR) is 94.4 cm³/mol. The number of benzene rings is 1. The van der Waals surface area contributed by atoms with Crippen LogP contribution in [0.15, 0.2) is 29.2 Å². The summed E-state index contributed by atoms with van der Waals surface area (Å²) in [7, 11) is -3.85. The molecule has 2 N–H and O–H groups in total. The largest absolute Gasteiger partial charge is 0.465 e. The molecule has 0 bridgehead atoms. The van der Waals surface area contributed by atoms with Crippen LogP contribution in [0.2, 0.25) is 0 Å². The topological polar surface area (TPSA) is 102 Å². The molecule has 0 aliphatic heterocycles. The Morgan fingerprint density at radius 3 is 2.28 bits per heavy atom. The summed E-state index contributed by atoms with van der Waals surface area (Å²) in [4.78, 5) is 23.8. The van der Waals surface area contributed by atoms with E-state index in [2.05, 4.69) is 10.0 Å². The van der Waals surface area contributed by atoms with Crippen molar-refractivity contribution in [1.82, 2.24) is 10.0 Å². The highest BCUT2D eigenvalue weighted by Crippen LogP contribution is 2.15. The van der Waals surface area contributed by atoms with Gasteiger partial charge < -0.3 is 10.1 Å². The summed E-state index contributed by atoms with van der Waals surface area (Å²) in [5.74, 6) is -1.37. The Morgan fingerprint density at radius 1 is 1.16 bits per heavy atom. The highest BCUT2D eigenvalue weighted by atomic mass is 32.2. The summed E-state index contributed by atoms with van der Waals surface area (Å²) >= 11 is 0. The van der Waals surface area contributed by atoms with E-state index in [1.165, 1.54) is 12.1 Å². The van der Waals surface area contributed by atoms with E-state index in [1.807, 2.05) is 13.8 Å². The molecule has 140 valence electrons. The number of ether oxygens (including phenoxy) is 1. The van der Waals surface area contributed by atoms with Crippen LogP contribution in [0.1, 0.15) is 32.8 Å². The number of carbonyl (C=O) groups is 2. The quantitative estimate of drug-likeness (QED) is 0.639. The molecule has 0 radical (unpaired) electrons. The van der Waals surface area contributed by atoms with Crippen molar-refractivity contribution in [3.8, 4) is 0 Å². The van der Waals surface area contributed by atoms with Gasteiger partial charge in [-0.25, -0.2) is 8.42 Å². The van der Waals surface area contributed by atoms with Gasteiger partial charge in [0.1, 0.15) is 12.6 Å². The summed E-state index contributed by atoms with van der Waals surface area (Å²) in [6.45, 7) is 7.06. The maximum absolute atomic E-state index is 12.5. The second-order valence-corrected chi connectivity index (χ2v) is 7.53. The lowest BCUT2D eigenvalue weighted by atomic mass is 9.99. The first-order valence-electron chi connectivity index (χ1n) is 8.23. The van der Waals surface area contributed by atoms with Gasteiger partial charge in [-0.15, -0.1) is 0 Å². The van der Waals surface area contributed by atoms with Crippen molar-refractivity contribution in [2.24, 2.45) is 5.92 Å². The molecule has 25 heavy (non-hydrogen) atoms. The molecule has 0 saturated carbocycles. The highest BCUT2D eigenvalue weighted by molar-refractivity contribution is 7.89. The number of aryl methyl sites for hydroxylation is 1. The van der Waals surface area contributed by atoms with E-state index in [-0.39, 0.29) is 24.0 Å². The van der Waals surface area contributed by atoms with Gasteiger partial charge in [0.2, 0.25) is 15.9 Å². The van der Waals surface area contributed by atoms with E-state index in [4.69, 9.17) is 4.74 Å². The molecular weight excluding hydrogens is 344 g/mol. The summed E-state index contributed by atoms with van der Waals surface area (Å²) in [5.41, 5.74) is 0.935. The number of sulfonamides is 1. The van der Waals surface area contributed by atoms with Crippen molar-refractivity contribution < 1.29 is 22.7 Å². The van der Waals surface area contributed by atoms with E-state index < -0.39 is 27.9 Å². The molecule has 8 heteroatoms. The number of hydrogen-bond acceptors (Lipinski definition) is 5. The van der Waals surface area contributed by atoms with Gasteiger partial charge in [-0.3, -0.25) is 9.59 Å². The first-order valence-corrected chi connectivity index (χ1v) is 9.71. The third kappa shape index (κ3) is 6.47. The third-order valence-corrected chi connectivity index (χ3v) is 5.28. The van der Waals surface area contributed by atoms with Gasteiger partial charge in [-0.05, 0) is 31.9 Å². The lowest BCUT2D eigenvalue weighted by molar-refractivity contribution is -0.143. The molecule has 7 nitrogen and oxygen atoms in total. The lowest BCUT2D eigenvalue weighted by Crippen LogP contribution is -2.51. The average molecular weight is 370 g/mol. The Hall–Kier alpha value is -1.93. The van der Waals surface area contributed by atoms with Gasteiger partial charge in [0, 0.05) is 0 Å². The minimum Gasteiger partial charge on any atom is -0.465 e. The van der Waals surface area contributed by atoms with Crippen molar-refractivity contribution in [3.63, 3.8) is 0 Å². The molecule has 0 aromatic heterocycles. The Morgan fingerprint density at radius 2 is 1.76 bits per heavy atom. The molecule has 0 aliphatic carbocycles. The Bertz CT molecular complexity index is 685. The lowest BCUT2D eigenvalue weighted by Gasteiger charge is -2.23. The molecule has 0 spiro atoms. The molecule has 0 aliphatic rings. The zero-order valence-electron chi connectivity index (χ0n) is 15.0. The first kappa shape index (κ1) is 21.1. The molecular formula is C17H26N2O5S. The van der Waals surface area contributed by atoms with Crippen molar-refractivity contribution in [1.29, 1.82) is 0 Å². The average Bonchev–Trinajstić information content (AvgIpc) is 2.57. The van der Waals surface area contributed by atoms with E-state index >= 15 is 0 Å². The number of amides is 1. The van der Waals surface area contributed by atoms with Crippen LogP contribution in [0.4, 0.5) is 0 Å². The Kier molecular flexibility index (Phi) is 8.05. The molecule has 2 atom stereocenters. The van der Waals surface area contributed by atoms with E-state index in [0.717, 1.165) is 5.56 Å². The smallest absolute Gasteiger partial charge is 0.325 e. The van der Waals surface area contributed by atoms with Crippen LogP contribution in [0.3, 0.4) is 0 Å². The number of esters is 1. The second-order valence-electron chi connectivity index (χ2n) is 5.82. The summed E-state index contributed by atoms with van der Waals surface area (Å²) in [6, 6.07) is 5.37. The fourth-order valence-electron chi connectivity index (χ4n) is 2.10. The molecule has 1 aromatic carbocycles. The van der Waals surface area contributed by atoms with Crippen molar-refractivity contribution in [2.45, 2.75) is 45.1 Å². The molecule has 0 fully saturated rings. The van der Waals surface area contributed by atoms with Crippen LogP contribution in [0.5, 0.6) is 0 Å². The summed E-state index contributed by atoms with van der Waals surface area (Å²) in [6.07, 6.45) is 0.591. The van der Waals surface area contributed by atoms with Gasteiger partial charge in [-0.2, -0.15) is 4.72 Å². The van der Waals surface area contributed by atoms with E-state index in [9.17, 15) is 18.0 Å². The molecule has 1 aromatic rings. The number of nitrogens with one attached hydrogen (secondary N) is 2. The molecule has 1 rings (SSSR count).